The van der Waals surface area contributed by atoms with E-state index in [2.05, 4.69) is 63.3 Å². The zero-order valence-corrected chi connectivity index (χ0v) is 48.2. The van der Waals surface area contributed by atoms with Crippen LogP contribution in [0.15, 0.2) is 48.6 Å². The predicted octanol–water partition coefficient (Wildman–Crippen LogP) is 21.4. The molecule has 6 nitrogen and oxygen atoms in total. The Morgan fingerprint density at radius 3 is 0.819 bits per heavy atom. The van der Waals surface area contributed by atoms with Gasteiger partial charge in [-0.25, -0.2) is 0 Å². The highest BCUT2D eigenvalue weighted by molar-refractivity contribution is 5.71. The second-order valence-electron chi connectivity index (χ2n) is 21.3. The molecular formula is C66H120O6. The van der Waals surface area contributed by atoms with Crippen molar-refractivity contribution in [3.8, 4) is 0 Å². The summed E-state index contributed by atoms with van der Waals surface area (Å²) >= 11 is 0. The Kier molecular flexibility index (Phi) is 58.7. The highest BCUT2D eigenvalue weighted by Gasteiger charge is 2.19. The molecule has 0 bridgehead atoms. The van der Waals surface area contributed by atoms with Crippen molar-refractivity contribution >= 4 is 17.9 Å². The number of carbonyl (C=O) groups excluding carboxylic acids is 3. The maximum atomic E-state index is 12.8. The quantitative estimate of drug-likeness (QED) is 0.0261. The third-order valence-corrected chi connectivity index (χ3v) is 14.1. The van der Waals surface area contributed by atoms with E-state index in [1.807, 2.05) is 6.08 Å². The zero-order chi connectivity index (χ0) is 52.2. The predicted molar refractivity (Wildman–Crippen MR) is 312 cm³/mol. The van der Waals surface area contributed by atoms with Gasteiger partial charge >= 0.3 is 17.9 Å². The van der Waals surface area contributed by atoms with Gasteiger partial charge in [-0.3, -0.25) is 14.4 Å². The van der Waals surface area contributed by atoms with Crippen LogP contribution in [0.25, 0.3) is 0 Å². The van der Waals surface area contributed by atoms with E-state index >= 15 is 0 Å². The second-order valence-corrected chi connectivity index (χ2v) is 21.3. The number of allylic oxidation sites excluding steroid dienone is 8. The van der Waals surface area contributed by atoms with Gasteiger partial charge in [-0.2, -0.15) is 0 Å². The number of hydrogen-bond donors (Lipinski definition) is 0. The molecule has 0 aliphatic rings. The van der Waals surface area contributed by atoms with Crippen molar-refractivity contribution in [2.24, 2.45) is 0 Å². The number of hydrogen-bond acceptors (Lipinski definition) is 6. The number of carbonyl (C=O) groups is 3. The molecule has 6 heteroatoms. The first kappa shape index (κ1) is 69.4. The van der Waals surface area contributed by atoms with Gasteiger partial charge in [0.1, 0.15) is 13.2 Å². The van der Waals surface area contributed by atoms with Crippen molar-refractivity contribution < 1.29 is 28.6 Å². The third-order valence-electron chi connectivity index (χ3n) is 14.1. The van der Waals surface area contributed by atoms with Crippen LogP contribution in [0, 0.1) is 0 Å². The summed E-state index contributed by atoms with van der Waals surface area (Å²) in [5.74, 6) is -0.963. The van der Waals surface area contributed by atoms with Gasteiger partial charge in [0, 0.05) is 19.3 Å². The molecule has 0 rings (SSSR count). The van der Waals surface area contributed by atoms with E-state index in [-0.39, 0.29) is 37.5 Å². The molecule has 0 fully saturated rings. The third kappa shape index (κ3) is 58.3. The van der Waals surface area contributed by atoms with Crippen LogP contribution in [0.4, 0.5) is 0 Å². The first-order chi connectivity index (χ1) is 35.5. The molecule has 420 valence electrons. The van der Waals surface area contributed by atoms with Gasteiger partial charge in [0.2, 0.25) is 0 Å². The van der Waals surface area contributed by atoms with E-state index in [1.165, 1.54) is 225 Å². The molecule has 1 unspecified atom stereocenters. The van der Waals surface area contributed by atoms with Crippen molar-refractivity contribution in [2.45, 2.75) is 341 Å². The Morgan fingerprint density at radius 1 is 0.292 bits per heavy atom. The van der Waals surface area contributed by atoms with E-state index in [4.69, 9.17) is 14.2 Å². The van der Waals surface area contributed by atoms with Crippen molar-refractivity contribution in [3.05, 3.63) is 48.6 Å². The van der Waals surface area contributed by atoms with E-state index in [1.54, 1.807) is 0 Å². The molecule has 0 saturated heterocycles. The molecule has 0 heterocycles. The van der Waals surface area contributed by atoms with E-state index in [0.717, 1.165) is 64.2 Å². The second kappa shape index (κ2) is 60.9. The van der Waals surface area contributed by atoms with Crippen LogP contribution in [0.1, 0.15) is 335 Å². The van der Waals surface area contributed by atoms with Crippen LogP contribution in [0.3, 0.4) is 0 Å². The van der Waals surface area contributed by atoms with Crippen LogP contribution in [-0.4, -0.2) is 37.2 Å². The molecule has 0 radical (unpaired) electrons. The number of esters is 3. The molecule has 0 aromatic carbocycles. The Morgan fingerprint density at radius 2 is 0.542 bits per heavy atom. The first-order valence-electron chi connectivity index (χ1n) is 31.6. The molecule has 1 atom stereocenters. The van der Waals surface area contributed by atoms with Gasteiger partial charge in [0.15, 0.2) is 6.10 Å². The molecule has 0 aliphatic heterocycles. The average molecular weight is 1010 g/mol. The van der Waals surface area contributed by atoms with E-state index < -0.39 is 6.10 Å². The lowest BCUT2D eigenvalue weighted by Gasteiger charge is -2.18. The monoisotopic (exact) mass is 1010 g/mol. The highest BCUT2D eigenvalue weighted by atomic mass is 16.6. The molecule has 0 N–H and O–H groups in total. The van der Waals surface area contributed by atoms with Crippen molar-refractivity contribution in [1.82, 2.24) is 0 Å². The minimum Gasteiger partial charge on any atom is -0.462 e. The maximum absolute atomic E-state index is 12.8. The smallest absolute Gasteiger partial charge is 0.306 e. The molecule has 0 amide bonds. The average Bonchev–Trinajstić information content (AvgIpc) is 3.38. The summed E-state index contributed by atoms with van der Waals surface area (Å²) in [6, 6.07) is 0. The number of unbranched alkanes of at least 4 members (excludes halogenated alkanes) is 39. The van der Waals surface area contributed by atoms with Gasteiger partial charge in [-0.05, 0) is 44.9 Å². The summed E-state index contributed by atoms with van der Waals surface area (Å²) in [6.45, 7) is 6.50. The van der Waals surface area contributed by atoms with Crippen LogP contribution in [0.5, 0.6) is 0 Å². The minimum atomic E-state index is -0.807. The maximum Gasteiger partial charge on any atom is 0.306 e. The van der Waals surface area contributed by atoms with Gasteiger partial charge < -0.3 is 14.2 Å². The van der Waals surface area contributed by atoms with Crippen molar-refractivity contribution in [3.63, 3.8) is 0 Å². The summed E-state index contributed by atoms with van der Waals surface area (Å²) in [4.78, 5) is 38.1. The molecule has 0 saturated carbocycles. The lowest BCUT2D eigenvalue weighted by Crippen LogP contribution is -2.30. The van der Waals surface area contributed by atoms with Crippen LogP contribution >= 0.6 is 0 Å². The molecule has 0 aliphatic carbocycles. The Labute approximate surface area is 448 Å². The fourth-order valence-corrected chi connectivity index (χ4v) is 9.40. The molecule has 0 spiro atoms. The Bertz CT molecular complexity index is 1250. The SMILES string of the molecule is CC/C=C\C/C=C\C/C=C\C/C=C\CCC(=O)OC(COC(=O)CCCCCCCCCCCCCC)COC(=O)CCCCCCCCCCCCCCCCCCCCCCCCCCCCCCC. The highest BCUT2D eigenvalue weighted by Crippen LogP contribution is 2.18. The normalized spacial score (nSPS) is 12.3. The lowest BCUT2D eigenvalue weighted by atomic mass is 10.0. The topological polar surface area (TPSA) is 78.9 Å². The largest absolute Gasteiger partial charge is 0.462 e. The standard InChI is InChI=1S/C66H120O6/c1-4-7-10-13-16-19-22-25-26-27-28-29-30-31-32-33-34-35-36-37-38-39-40-42-44-47-50-53-56-59-65(68)71-62-63(61-70-64(67)58-55-52-49-46-43-24-21-18-15-12-9-6-3)72-66(69)60-57-54-51-48-45-41-23-20-17-14-11-8-5-2/h8,11,17,20,41,45,51,54,63H,4-7,9-10,12-16,18-19,21-40,42-44,46-50,52-53,55-62H2,1-3H3/b11-8-,20-17-,45-41-,54-51-. The number of ether oxygens (including phenoxy) is 3. The Balaban J connectivity index is 4.14. The van der Waals surface area contributed by atoms with Crippen LogP contribution < -0.4 is 0 Å². The molecule has 72 heavy (non-hydrogen) atoms. The van der Waals surface area contributed by atoms with Crippen molar-refractivity contribution in [1.29, 1.82) is 0 Å². The number of rotatable bonds is 58. The van der Waals surface area contributed by atoms with Crippen LogP contribution in [-0.2, 0) is 28.6 Å². The Hall–Kier alpha value is -2.63. The van der Waals surface area contributed by atoms with Gasteiger partial charge in [-0.15, -0.1) is 0 Å². The fourth-order valence-electron chi connectivity index (χ4n) is 9.40. The van der Waals surface area contributed by atoms with Gasteiger partial charge in [0.05, 0.1) is 0 Å². The summed E-state index contributed by atoms with van der Waals surface area (Å²) in [5.41, 5.74) is 0. The lowest BCUT2D eigenvalue weighted by molar-refractivity contribution is -0.166. The molecule has 0 aromatic rings. The summed E-state index contributed by atoms with van der Waals surface area (Å²) in [6.07, 6.45) is 75.9. The first-order valence-corrected chi connectivity index (χ1v) is 31.6. The fraction of sp³-hybridized carbons (Fsp3) is 0.833. The molecular weight excluding hydrogens is 889 g/mol. The van der Waals surface area contributed by atoms with Crippen molar-refractivity contribution in [2.75, 3.05) is 13.2 Å². The summed E-state index contributed by atoms with van der Waals surface area (Å²) < 4.78 is 16.8. The molecule has 0 aromatic heterocycles. The van der Waals surface area contributed by atoms with Gasteiger partial charge in [-0.1, -0.05) is 320 Å². The van der Waals surface area contributed by atoms with E-state index in [0.29, 0.717) is 19.3 Å². The van der Waals surface area contributed by atoms with Gasteiger partial charge in [0.25, 0.3) is 0 Å². The van der Waals surface area contributed by atoms with Crippen LogP contribution in [0.2, 0.25) is 0 Å². The summed E-state index contributed by atoms with van der Waals surface area (Å²) in [5, 5.41) is 0. The summed E-state index contributed by atoms with van der Waals surface area (Å²) in [7, 11) is 0. The zero-order valence-electron chi connectivity index (χ0n) is 48.2. The van der Waals surface area contributed by atoms with E-state index in [9.17, 15) is 14.4 Å². The minimum absolute atomic E-state index is 0.0972.